The summed E-state index contributed by atoms with van der Waals surface area (Å²) < 4.78 is 0. The maximum absolute atomic E-state index is 11.1. The quantitative estimate of drug-likeness (QED) is 0.619. The van der Waals surface area contributed by atoms with Gasteiger partial charge in [0.1, 0.15) is 11.6 Å². The minimum absolute atomic E-state index is 0.0188. The molecule has 0 saturated heterocycles. The highest BCUT2D eigenvalue weighted by molar-refractivity contribution is 5.70. The molecule has 0 radical (unpaired) electrons. The lowest BCUT2D eigenvalue weighted by Crippen LogP contribution is -2.35. The number of rotatable bonds is 6. The fourth-order valence-corrected chi connectivity index (χ4v) is 1.96. The van der Waals surface area contributed by atoms with E-state index in [2.05, 4.69) is 4.98 Å². The van der Waals surface area contributed by atoms with Crippen LogP contribution in [-0.2, 0) is 4.79 Å². The van der Waals surface area contributed by atoms with E-state index in [1.165, 1.54) is 17.2 Å². The van der Waals surface area contributed by atoms with Crippen LogP contribution in [0, 0.1) is 21.4 Å². The number of hydrogen-bond acceptors (Lipinski definition) is 6. The summed E-state index contributed by atoms with van der Waals surface area (Å²) in [5.74, 6) is -0.986. The first-order chi connectivity index (χ1) is 9.42. The number of nitro groups is 1. The Morgan fingerprint density at radius 3 is 2.80 bits per heavy atom. The molecule has 0 aliphatic rings. The van der Waals surface area contributed by atoms with Crippen molar-refractivity contribution in [3.8, 4) is 6.07 Å². The summed E-state index contributed by atoms with van der Waals surface area (Å²) in [5.41, 5.74) is -0.491. The Labute approximate surface area is 115 Å². The number of carbonyl (C=O) groups is 1. The zero-order valence-electron chi connectivity index (χ0n) is 11.1. The van der Waals surface area contributed by atoms with E-state index in [9.17, 15) is 14.9 Å². The largest absolute Gasteiger partial charge is 0.481 e. The maximum atomic E-state index is 11.1. The third-order valence-corrected chi connectivity index (χ3v) is 2.82. The number of carboxylic acid groups (broad SMARTS) is 1. The fourth-order valence-electron chi connectivity index (χ4n) is 1.96. The van der Waals surface area contributed by atoms with Gasteiger partial charge in [-0.2, -0.15) is 5.26 Å². The van der Waals surface area contributed by atoms with E-state index in [0.717, 1.165) is 0 Å². The smallest absolute Gasteiger partial charge is 0.329 e. The van der Waals surface area contributed by atoms with Crippen LogP contribution in [0.4, 0.5) is 11.5 Å². The monoisotopic (exact) mass is 278 g/mol. The Balaban J connectivity index is 3.32. The van der Waals surface area contributed by atoms with Crippen LogP contribution in [0.2, 0.25) is 0 Å². The summed E-state index contributed by atoms with van der Waals surface area (Å²) in [6.45, 7) is 3.72. The highest BCUT2D eigenvalue weighted by Crippen LogP contribution is 2.30. The Morgan fingerprint density at radius 1 is 1.70 bits per heavy atom. The maximum Gasteiger partial charge on any atom is 0.329 e. The van der Waals surface area contributed by atoms with Crippen molar-refractivity contribution in [1.29, 1.82) is 5.26 Å². The number of nitriles is 1. The van der Waals surface area contributed by atoms with E-state index in [1.807, 2.05) is 0 Å². The lowest BCUT2D eigenvalue weighted by Gasteiger charge is -2.27. The second-order valence-corrected chi connectivity index (χ2v) is 4.13. The van der Waals surface area contributed by atoms with Crippen LogP contribution < -0.4 is 4.90 Å². The molecule has 8 nitrogen and oxygen atoms in total. The second-order valence-electron chi connectivity index (χ2n) is 4.13. The van der Waals surface area contributed by atoms with Gasteiger partial charge in [0.05, 0.1) is 11.3 Å². The van der Waals surface area contributed by atoms with E-state index >= 15 is 0 Å². The molecule has 106 valence electrons. The second kappa shape index (κ2) is 6.47. The number of aromatic nitrogens is 1. The molecule has 1 atom stereocenters. The van der Waals surface area contributed by atoms with Crippen LogP contribution in [0.25, 0.3) is 0 Å². The average Bonchev–Trinajstić information content (AvgIpc) is 2.37. The van der Waals surface area contributed by atoms with E-state index < -0.39 is 22.6 Å². The Morgan fingerprint density at radius 2 is 2.35 bits per heavy atom. The van der Waals surface area contributed by atoms with Gasteiger partial charge in [0.15, 0.2) is 0 Å². The third kappa shape index (κ3) is 3.20. The van der Waals surface area contributed by atoms with Crippen LogP contribution in [0.3, 0.4) is 0 Å². The van der Waals surface area contributed by atoms with Gasteiger partial charge in [0, 0.05) is 18.8 Å². The number of hydrogen-bond donors (Lipinski definition) is 1. The van der Waals surface area contributed by atoms with Crippen LogP contribution in [0.15, 0.2) is 12.3 Å². The lowest BCUT2D eigenvalue weighted by molar-refractivity contribution is -0.384. The number of carboxylic acids is 1. The van der Waals surface area contributed by atoms with Gasteiger partial charge >= 0.3 is 11.7 Å². The fraction of sp³-hybridized carbons (Fsp3) is 0.417. The molecule has 0 fully saturated rings. The van der Waals surface area contributed by atoms with E-state index in [-0.39, 0.29) is 17.8 Å². The predicted molar refractivity (Wildman–Crippen MR) is 70.3 cm³/mol. The van der Waals surface area contributed by atoms with Gasteiger partial charge in [-0.05, 0) is 19.9 Å². The number of nitrogens with zero attached hydrogens (tertiary/aromatic N) is 4. The molecule has 0 amide bonds. The standard InChI is InChI=1S/C12H14N4O4/c1-3-15(8(2)6-10(17)18)12-11(16(19)20)9(7-13)4-5-14-12/h4-5,8H,3,6H2,1-2H3,(H,17,18). The normalized spacial score (nSPS) is 11.4. The van der Waals surface area contributed by atoms with Gasteiger partial charge in [-0.15, -0.1) is 0 Å². The van der Waals surface area contributed by atoms with Crippen LogP contribution in [0.1, 0.15) is 25.8 Å². The van der Waals surface area contributed by atoms with Gasteiger partial charge in [0.25, 0.3) is 0 Å². The molecule has 1 heterocycles. The molecule has 0 bridgehead atoms. The lowest BCUT2D eigenvalue weighted by atomic mass is 10.1. The molecule has 20 heavy (non-hydrogen) atoms. The minimum atomic E-state index is -1.00. The number of aliphatic carboxylic acids is 1. The van der Waals surface area contributed by atoms with Gasteiger partial charge in [-0.1, -0.05) is 0 Å². The summed E-state index contributed by atoms with van der Waals surface area (Å²) in [6, 6.07) is 2.54. The van der Waals surface area contributed by atoms with Crippen molar-refractivity contribution < 1.29 is 14.8 Å². The number of pyridine rings is 1. The van der Waals surface area contributed by atoms with E-state index in [0.29, 0.717) is 6.54 Å². The molecule has 0 aliphatic carbocycles. The first-order valence-corrected chi connectivity index (χ1v) is 5.94. The molecule has 1 aromatic heterocycles. The topological polar surface area (TPSA) is 120 Å². The molecular formula is C12H14N4O4. The predicted octanol–water partition coefficient (Wildman–Crippen LogP) is 1.55. The molecule has 0 spiro atoms. The minimum Gasteiger partial charge on any atom is -0.481 e. The Kier molecular flexibility index (Phi) is 4.97. The van der Waals surface area contributed by atoms with Gasteiger partial charge < -0.3 is 10.0 Å². The van der Waals surface area contributed by atoms with Gasteiger partial charge in [-0.25, -0.2) is 4.98 Å². The van der Waals surface area contributed by atoms with Crippen LogP contribution >= 0.6 is 0 Å². The van der Waals surface area contributed by atoms with E-state index in [4.69, 9.17) is 10.4 Å². The molecule has 1 rings (SSSR count). The SMILES string of the molecule is CCN(c1nccc(C#N)c1[N+](=O)[O-])C(C)CC(=O)O. The first-order valence-electron chi connectivity index (χ1n) is 5.94. The van der Waals surface area contributed by atoms with Gasteiger partial charge in [-0.3, -0.25) is 14.9 Å². The molecule has 1 unspecified atom stereocenters. The Bertz CT molecular complexity index is 567. The van der Waals surface area contributed by atoms with Crippen molar-refractivity contribution in [2.24, 2.45) is 0 Å². The number of anilines is 1. The molecule has 0 aromatic carbocycles. The highest BCUT2D eigenvalue weighted by Gasteiger charge is 2.28. The highest BCUT2D eigenvalue weighted by atomic mass is 16.6. The van der Waals surface area contributed by atoms with Crippen molar-refractivity contribution in [2.45, 2.75) is 26.3 Å². The molecule has 8 heteroatoms. The average molecular weight is 278 g/mol. The molecule has 0 saturated carbocycles. The molecule has 1 aromatic rings. The molecule has 1 N–H and O–H groups in total. The third-order valence-electron chi connectivity index (χ3n) is 2.82. The first kappa shape index (κ1) is 15.4. The van der Waals surface area contributed by atoms with Crippen molar-refractivity contribution in [1.82, 2.24) is 4.98 Å². The molecular weight excluding hydrogens is 264 g/mol. The van der Waals surface area contributed by atoms with Crippen molar-refractivity contribution in [3.05, 3.63) is 27.9 Å². The van der Waals surface area contributed by atoms with Crippen molar-refractivity contribution in [3.63, 3.8) is 0 Å². The van der Waals surface area contributed by atoms with Gasteiger partial charge in [0.2, 0.25) is 5.82 Å². The zero-order chi connectivity index (χ0) is 15.3. The summed E-state index contributed by atoms with van der Waals surface area (Å²) in [6.07, 6.45) is 1.13. The van der Waals surface area contributed by atoms with Crippen molar-refractivity contribution in [2.75, 3.05) is 11.4 Å². The summed E-state index contributed by atoms with van der Waals surface area (Å²) in [4.78, 5) is 26.7. The summed E-state index contributed by atoms with van der Waals surface area (Å²) in [5, 5.41) is 28.9. The van der Waals surface area contributed by atoms with Crippen LogP contribution in [-0.4, -0.2) is 33.6 Å². The van der Waals surface area contributed by atoms with Crippen LogP contribution in [0.5, 0.6) is 0 Å². The summed E-state index contributed by atoms with van der Waals surface area (Å²) >= 11 is 0. The summed E-state index contributed by atoms with van der Waals surface area (Å²) in [7, 11) is 0. The Hall–Kier alpha value is -2.69. The van der Waals surface area contributed by atoms with Crippen molar-refractivity contribution >= 4 is 17.5 Å². The molecule has 0 aliphatic heterocycles. The van der Waals surface area contributed by atoms with E-state index in [1.54, 1.807) is 19.9 Å². The zero-order valence-corrected chi connectivity index (χ0v) is 11.1.